The topological polar surface area (TPSA) is 94.0 Å². The van der Waals surface area contributed by atoms with Crippen molar-refractivity contribution in [1.82, 2.24) is 10.2 Å². The van der Waals surface area contributed by atoms with E-state index < -0.39 is 5.54 Å². The molecule has 1 unspecified atom stereocenters. The summed E-state index contributed by atoms with van der Waals surface area (Å²) in [5.74, 6) is 0.617. The number of carbonyl (C=O) groups excluding carboxylic acids is 1. The largest absolute Gasteiger partial charge is 0.421 e. The second kappa shape index (κ2) is 6.05. The fourth-order valence-electron chi connectivity index (χ4n) is 2.08. The first-order valence-electron chi connectivity index (χ1n) is 6.94. The highest BCUT2D eigenvalue weighted by Crippen LogP contribution is 2.27. The molecule has 0 spiro atoms. The lowest BCUT2D eigenvalue weighted by Gasteiger charge is -2.23. The Bertz CT molecular complexity index is 634. The van der Waals surface area contributed by atoms with Crippen molar-refractivity contribution in [1.29, 1.82) is 0 Å². The Kier molecular flexibility index (Phi) is 4.37. The van der Waals surface area contributed by atoms with Crippen LogP contribution in [0.25, 0.3) is 11.5 Å². The van der Waals surface area contributed by atoms with Crippen LogP contribution in [0.15, 0.2) is 28.7 Å². The summed E-state index contributed by atoms with van der Waals surface area (Å²) in [4.78, 5) is 12.3. The molecule has 1 atom stereocenters. The van der Waals surface area contributed by atoms with Gasteiger partial charge >= 0.3 is 0 Å². The highest BCUT2D eigenvalue weighted by molar-refractivity contribution is 6.00. The maximum absolute atomic E-state index is 12.3. The average molecular weight is 288 g/mol. The van der Waals surface area contributed by atoms with E-state index in [1.807, 2.05) is 25.1 Å². The van der Waals surface area contributed by atoms with Gasteiger partial charge in [0, 0.05) is 6.92 Å². The minimum atomic E-state index is -0.910. The number of nitrogens with zero attached hydrogens (tertiary/aromatic N) is 2. The van der Waals surface area contributed by atoms with E-state index in [1.54, 1.807) is 19.9 Å². The van der Waals surface area contributed by atoms with E-state index in [-0.39, 0.29) is 5.91 Å². The standard InChI is InChI=1S/C15H20N4O2/c1-4-9-15(3,16)14(20)17-12-8-6-5-7-11(12)13-19-18-10(2)21-13/h5-8H,4,9,16H2,1-3H3,(H,17,20). The van der Waals surface area contributed by atoms with Gasteiger partial charge in [0.25, 0.3) is 0 Å². The van der Waals surface area contributed by atoms with Crippen LogP contribution in [0, 0.1) is 6.92 Å². The van der Waals surface area contributed by atoms with Crippen LogP contribution in [0.3, 0.4) is 0 Å². The van der Waals surface area contributed by atoms with E-state index in [4.69, 9.17) is 10.2 Å². The number of hydrogen-bond donors (Lipinski definition) is 2. The molecule has 0 saturated heterocycles. The van der Waals surface area contributed by atoms with Gasteiger partial charge in [-0.1, -0.05) is 25.5 Å². The Morgan fingerprint density at radius 1 is 1.38 bits per heavy atom. The van der Waals surface area contributed by atoms with Gasteiger partial charge in [-0.05, 0) is 25.5 Å². The number of aromatic nitrogens is 2. The molecule has 21 heavy (non-hydrogen) atoms. The van der Waals surface area contributed by atoms with Crippen LogP contribution >= 0.6 is 0 Å². The summed E-state index contributed by atoms with van der Waals surface area (Å²) in [6.45, 7) is 5.44. The Labute approximate surface area is 123 Å². The lowest BCUT2D eigenvalue weighted by Crippen LogP contribution is -2.48. The first-order chi connectivity index (χ1) is 9.94. The summed E-state index contributed by atoms with van der Waals surface area (Å²) in [5.41, 5.74) is 6.43. The molecule has 112 valence electrons. The maximum atomic E-state index is 12.3. The van der Waals surface area contributed by atoms with Crippen molar-refractivity contribution in [2.75, 3.05) is 5.32 Å². The molecule has 2 aromatic rings. The number of para-hydroxylation sites is 1. The second-order valence-electron chi connectivity index (χ2n) is 5.29. The van der Waals surface area contributed by atoms with Crippen molar-refractivity contribution in [3.63, 3.8) is 0 Å². The molecule has 0 aliphatic heterocycles. The molecular formula is C15H20N4O2. The third-order valence-corrected chi connectivity index (χ3v) is 3.22. The molecule has 0 aliphatic carbocycles. The number of rotatable bonds is 5. The molecule has 1 heterocycles. The van der Waals surface area contributed by atoms with Crippen molar-refractivity contribution in [3.8, 4) is 11.5 Å². The molecule has 0 fully saturated rings. The van der Waals surface area contributed by atoms with E-state index >= 15 is 0 Å². The van der Waals surface area contributed by atoms with Crippen LogP contribution in [-0.4, -0.2) is 21.6 Å². The summed E-state index contributed by atoms with van der Waals surface area (Å²) >= 11 is 0. The highest BCUT2D eigenvalue weighted by Gasteiger charge is 2.28. The van der Waals surface area contributed by atoms with Gasteiger partial charge in [-0.3, -0.25) is 4.79 Å². The van der Waals surface area contributed by atoms with Crippen LogP contribution in [-0.2, 0) is 4.79 Å². The molecule has 1 amide bonds. The fraction of sp³-hybridized carbons (Fsp3) is 0.400. The average Bonchev–Trinajstić information content (AvgIpc) is 2.86. The van der Waals surface area contributed by atoms with Gasteiger partial charge in [-0.25, -0.2) is 0 Å². The molecular weight excluding hydrogens is 268 g/mol. The summed E-state index contributed by atoms with van der Waals surface area (Å²) < 4.78 is 5.42. The molecule has 1 aromatic carbocycles. The van der Waals surface area contributed by atoms with E-state index in [9.17, 15) is 4.79 Å². The molecule has 3 N–H and O–H groups in total. The monoisotopic (exact) mass is 288 g/mol. The Balaban J connectivity index is 2.27. The van der Waals surface area contributed by atoms with Crippen molar-refractivity contribution in [3.05, 3.63) is 30.2 Å². The van der Waals surface area contributed by atoms with Crippen LogP contribution in [0.2, 0.25) is 0 Å². The van der Waals surface area contributed by atoms with Crippen molar-refractivity contribution in [2.45, 2.75) is 39.2 Å². The van der Waals surface area contributed by atoms with Crippen LogP contribution in [0.5, 0.6) is 0 Å². The summed E-state index contributed by atoms with van der Waals surface area (Å²) in [7, 11) is 0. The lowest BCUT2D eigenvalue weighted by atomic mass is 9.96. The molecule has 1 aromatic heterocycles. The lowest BCUT2D eigenvalue weighted by molar-refractivity contribution is -0.120. The highest BCUT2D eigenvalue weighted by atomic mass is 16.4. The van der Waals surface area contributed by atoms with Gasteiger partial charge in [0.2, 0.25) is 17.7 Å². The van der Waals surface area contributed by atoms with Gasteiger partial charge in [0.15, 0.2) is 0 Å². The normalized spacial score (nSPS) is 13.7. The summed E-state index contributed by atoms with van der Waals surface area (Å²) in [6, 6.07) is 7.28. The Morgan fingerprint density at radius 2 is 2.10 bits per heavy atom. The number of nitrogens with two attached hydrogens (primary N) is 1. The van der Waals surface area contributed by atoms with Crippen LogP contribution in [0.1, 0.15) is 32.6 Å². The zero-order chi connectivity index (χ0) is 15.5. The zero-order valence-corrected chi connectivity index (χ0v) is 12.5. The first-order valence-corrected chi connectivity index (χ1v) is 6.94. The van der Waals surface area contributed by atoms with Gasteiger partial charge < -0.3 is 15.5 Å². The molecule has 6 nitrogen and oxygen atoms in total. The van der Waals surface area contributed by atoms with Gasteiger partial charge in [-0.15, -0.1) is 10.2 Å². The zero-order valence-electron chi connectivity index (χ0n) is 12.5. The van der Waals surface area contributed by atoms with Crippen LogP contribution in [0.4, 0.5) is 5.69 Å². The van der Waals surface area contributed by atoms with Gasteiger partial charge in [0.1, 0.15) is 0 Å². The van der Waals surface area contributed by atoms with E-state index in [0.717, 1.165) is 6.42 Å². The molecule has 0 saturated carbocycles. The molecule has 0 aliphatic rings. The Hall–Kier alpha value is -2.21. The van der Waals surface area contributed by atoms with E-state index in [2.05, 4.69) is 15.5 Å². The first kappa shape index (κ1) is 15.2. The molecule has 0 bridgehead atoms. The second-order valence-corrected chi connectivity index (χ2v) is 5.29. The van der Waals surface area contributed by atoms with Crippen molar-refractivity contribution >= 4 is 11.6 Å². The third kappa shape index (κ3) is 3.46. The van der Waals surface area contributed by atoms with E-state index in [0.29, 0.717) is 29.5 Å². The Morgan fingerprint density at radius 3 is 2.71 bits per heavy atom. The fourth-order valence-corrected chi connectivity index (χ4v) is 2.08. The minimum absolute atomic E-state index is 0.229. The number of anilines is 1. The number of hydrogen-bond acceptors (Lipinski definition) is 5. The smallest absolute Gasteiger partial charge is 0.249 e. The molecule has 6 heteroatoms. The number of benzene rings is 1. The quantitative estimate of drug-likeness (QED) is 0.881. The van der Waals surface area contributed by atoms with Crippen LogP contribution < -0.4 is 11.1 Å². The SMILES string of the molecule is CCCC(C)(N)C(=O)Nc1ccccc1-c1nnc(C)o1. The van der Waals surface area contributed by atoms with E-state index in [1.165, 1.54) is 0 Å². The summed E-state index contributed by atoms with van der Waals surface area (Å²) in [5, 5.41) is 10.6. The van der Waals surface area contributed by atoms with Gasteiger partial charge in [-0.2, -0.15) is 0 Å². The number of nitrogens with one attached hydrogen (secondary N) is 1. The minimum Gasteiger partial charge on any atom is -0.421 e. The molecule has 0 radical (unpaired) electrons. The third-order valence-electron chi connectivity index (χ3n) is 3.22. The summed E-state index contributed by atoms with van der Waals surface area (Å²) in [6.07, 6.45) is 1.45. The van der Waals surface area contributed by atoms with Crippen molar-refractivity contribution < 1.29 is 9.21 Å². The molecule has 2 rings (SSSR count). The predicted octanol–water partition coefficient (Wildman–Crippen LogP) is 2.50. The maximum Gasteiger partial charge on any atom is 0.249 e. The number of aryl methyl sites for hydroxylation is 1. The number of carbonyl (C=O) groups is 1. The van der Waals surface area contributed by atoms with Crippen molar-refractivity contribution in [2.24, 2.45) is 5.73 Å². The van der Waals surface area contributed by atoms with Gasteiger partial charge in [0.05, 0.1) is 16.8 Å². The predicted molar refractivity (Wildman–Crippen MR) is 80.6 cm³/mol. The number of amides is 1.